The number of carbonyl (C=O) groups excluding carboxylic acids is 1. The molecule has 0 saturated carbocycles. The van der Waals surface area contributed by atoms with Crippen LogP contribution >= 0.6 is 11.3 Å². The maximum atomic E-state index is 13.2. The van der Waals surface area contributed by atoms with Crippen LogP contribution in [-0.2, 0) is 10.0 Å². The summed E-state index contributed by atoms with van der Waals surface area (Å²) in [6.07, 6.45) is 3.09. The maximum absolute atomic E-state index is 13.2. The van der Waals surface area contributed by atoms with E-state index in [1.807, 2.05) is 35.2 Å². The monoisotopic (exact) mass is 427 g/mol. The van der Waals surface area contributed by atoms with Crippen molar-refractivity contribution in [1.82, 2.24) is 9.88 Å². The Morgan fingerprint density at radius 1 is 0.931 bits per heavy atom. The number of carbonyl (C=O) groups is 1. The molecule has 1 aliphatic rings. The van der Waals surface area contributed by atoms with Crippen molar-refractivity contribution in [3.8, 4) is 11.3 Å². The average Bonchev–Trinajstić information content (AvgIpc) is 3.18. The lowest BCUT2D eigenvalue weighted by Crippen LogP contribution is -2.35. The van der Waals surface area contributed by atoms with Crippen molar-refractivity contribution in [2.45, 2.75) is 24.2 Å². The number of aromatic nitrogens is 1. The molecule has 8 heteroatoms. The molecule has 1 amide bonds. The number of rotatable bonds is 5. The molecule has 3 aromatic rings. The van der Waals surface area contributed by atoms with Gasteiger partial charge in [0, 0.05) is 18.7 Å². The number of anilines is 1. The summed E-state index contributed by atoms with van der Waals surface area (Å²) in [7, 11) is -3.78. The van der Waals surface area contributed by atoms with Gasteiger partial charge in [0.2, 0.25) is 0 Å². The molecule has 2 aromatic carbocycles. The third-order valence-corrected chi connectivity index (χ3v) is 7.23. The van der Waals surface area contributed by atoms with E-state index in [9.17, 15) is 13.2 Å². The quantitative estimate of drug-likeness (QED) is 0.661. The van der Waals surface area contributed by atoms with Crippen molar-refractivity contribution in [1.29, 1.82) is 0 Å². The molecule has 0 unspecified atom stereocenters. The number of sulfonamides is 1. The van der Waals surface area contributed by atoms with Crippen molar-refractivity contribution in [3.63, 3.8) is 0 Å². The molecule has 1 fully saturated rings. The average molecular weight is 428 g/mol. The van der Waals surface area contributed by atoms with Gasteiger partial charge in [-0.05, 0) is 31.4 Å². The molecule has 0 atom stereocenters. The standard InChI is InChI=1S/C21H21N3O3S2/c25-20(24-14-8-3-9-15-24)19-18(16-10-4-1-5-11-16)22-21(28-19)23-29(26,27)17-12-6-2-7-13-17/h1-2,4-7,10-13H,3,8-9,14-15H2,(H,22,23). The number of hydrogen-bond donors (Lipinski definition) is 1. The Morgan fingerprint density at radius 2 is 1.55 bits per heavy atom. The molecule has 0 spiro atoms. The van der Waals surface area contributed by atoms with Crippen LogP contribution in [0.3, 0.4) is 0 Å². The van der Waals surface area contributed by atoms with Crippen LogP contribution in [0.15, 0.2) is 65.6 Å². The van der Waals surface area contributed by atoms with Crippen LogP contribution in [-0.4, -0.2) is 37.3 Å². The Morgan fingerprint density at radius 3 is 2.21 bits per heavy atom. The molecule has 0 radical (unpaired) electrons. The number of nitrogens with one attached hydrogen (secondary N) is 1. The Kier molecular flexibility index (Phi) is 5.64. The van der Waals surface area contributed by atoms with Crippen molar-refractivity contribution in [2.75, 3.05) is 17.8 Å². The van der Waals surface area contributed by atoms with E-state index >= 15 is 0 Å². The fourth-order valence-corrected chi connectivity index (χ4v) is 5.53. The molecule has 29 heavy (non-hydrogen) atoms. The van der Waals surface area contributed by atoms with Crippen LogP contribution in [0.5, 0.6) is 0 Å². The largest absolute Gasteiger partial charge is 0.338 e. The molecule has 6 nitrogen and oxygen atoms in total. The van der Waals surface area contributed by atoms with Gasteiger partial charge in [0.25, 0.3) is 15.9 Å². The summed E-state index contributed by atoms with van der Waals surface area (Å²) < 4.78 is 27.9. The Bertz CT molecular complexity index is 1090. The van der Waals surface area contributed by atoms with Gasteiger partial charge >= 0.3 is 0 Å². The predicted molar refractivity (Wildman–Crippen MR) is 115 cm³/mol. The fourth-order valence-electron chi connectivity index (χ4n) is 3.31. The highest BCUT2D eigenvalue weighted by atomic mass is 32.2. The van der Waals surface area contributed by atoms with Crippen LogP contribution in [0.1, 0.15) is 28.9 Å². The number of piperidine rings is 1. The first-order valence-corrected chi connectivity index (χ1v) is 11.8. The molecule has 0 bridgehead atoms. The summed E-state index contributed by atoms with van der Waals surface area (Å²) >= 11 is 1.09. The van der Waals surface area contributed by atoms with E-state index in [1.54, 1.807) is 18.2 Å². The van der Waals surface area contributed by atoms with Crippen molar-refractivity contribution in [3.05, 3.63) is 65.5 Å². The van der Waals surface area contributed by atoms with E-state index in [2.05, 4.69) is 9.71 Å². The van der Waals surface area contributed by atoms with Gasteiger partial charge in [0.05, 0.1) is 10.6 Å². The molecular weight excluding hydrogens is 406 g/mol. The number of nitrogens with zero attached hydrogens (tertiary/aromatic N) is 2. The third kappa shape index (κ3) is 4.33. The van der Waals surface area contributed by atoms with E-state index in [0.717, 1.165) is 49.3 Å². The van der Waals surface area contributed by atoms with E-state index in [1.165, 1.54) is 12.1 Å². The SMILES string of the molecule is O=C(c1sc(NS(=O)(=O)c2ccccc2)nc1-c1ccccc1)N1CCCCC1. The summed E-state index contributed by atoms with van der Waals surface area (Å²) in [5, 5.41) is 0.188. The molecule has 1 saturated heterocycles. The minimum atomic E-state index is -3.78. The topological polar surface area (TPSA) is 79.4 Å². The number of thiazole rings is 1. The molecule has 4 rings (SSSR count). The van der Waals surface area contributed by atoms with Gasteiger partial charge in [0.15, 0.2) is 5.13 Å². The lowest BCUT2D eigenvalue weighted by molar-refractivity contribution is 0.0729. The van der Waals surface area contributed by atoms with Crippen molar-refractivity contribution >= 4 is 32.4 Å². The molecule has 150 valence electrons. The highest BCUT2D eigenvalue weighted by molar-refractivity contribution is 7.93. The zero-order valence-electron chi connectivity index (χ0n) is 15.7. The van der Waals surface area contributed by atoms with E-state index in [-0.39, 0.29) is 15.9 Å². The van der Waals surface area contributed by atoms with Crippen LogP contribution in [0, 0.1) is 0 Å². The molecule has 0 aliphatic carbocycles. The van der Waals surface area contributed by atoms with Gasteiger partial charge in [-0.3, -0.25) is 9.52 Å². The first-order chi connectivity index (χ1) is 14.0. The minimum Gasteiger partial charge on any atom is -0.338 e. The fraction of sp³-hybridized carbons (Fsp3) is 0.238. The highest BCUT2D eigenvalue weighted by Crippen LogP contribution is 2.33. The Hall–Kier alpha value is -2.71. The summed E-state index contributed by atoms with van der Waals surface area (Å²) in [5.41, 5.74) is 1.30. The minimum absolute atomic E-state index is 0.0915. The van der Waals surface area contributed by atoms with Gasteiger partial charge in [0.1, 0.15) is 4.88 Å². The number of hydrogen-bond acceptors (Lipinski definition) is 5. The smallest absolute Gasteiger partial charge is 0.266 e. The molecule has 2 heterocycles. The van der Waals surface area contributed by atoms with Crippen LogP contribution in [0.4, 0.5) is 5.13 Å². The van der Waals surface area contributed by atoms with Crippen LogP contribution in [0.2, 0.25) is 0 Å². The summed E-state index contributed by atoms with van der Waals surface area (Å²) in [6.45, 7) is 1.44. The third-order valence-electron chi connectivity index (χ3n) is 4.79. The molecule has 1 aliphatic heterocycles. The number of amides is 1. The maximum Gasteiger partial charge on any atom is 0.266 e. The summed E-state index contributed by atoms with van der Waals surface area (Å²) in [5.74, 6) is -0.0915. The summed E-state index contributed by atoms with van der Waals surface area (Å²) in [6, 6.07) is 17.5. The van der Waals surface area contributed by atoms with Crippen LogP contribution < -0.4 is 4.72 Å². The van der Waals surface area contributed by atoms with E-state index < -0.39 is 10.0 Å². The summed E-state index contributed by atoms with van der Waals surface area (Å²) in [4.78, 5) is 20.1. The van der Waals surface area contributed by atoms with Gasteiger partial charge in [-0.15, -0.1) is 0 Å². The molecular formula is C21H21N3O3S2. The zero-order valence-corrected chi connectivity index (χ0v) is 17.4. The number of benzene rings is 2. The van der Waals surface area contributed by atoms with Gasteiger partial charge in [-0.2, -0.15) is 0 Å². The first-order valence-electron chi connectivity index (χ1n) is 9.48. The van der Waals surface area contributed by atoms with E-state index in [0.29, 0.717) is 10.6 Å². The lowest BCUT2D eigenvalue weighted by atomic mass is 10.1. The second kappa shape index (κ2) is 8.34. The van der Waals surface area contributed by atoms with Crippen molar-refractivity contribution < 1.29 is 13.2 Å². The Balaban J connectivity index is 1.71. The second-order valence-electron chi connectivity index (χ2n) is 6.83. The first kappa shape index (κ1) is 19.6. The normalized spacial score (nSPS) is 14.6. The van der Waals surface area contributed by atoms with E-state index in [4.69, 9.17) is 0 Å². The second-order valence-corrected chi connectivity index (χ2v) is 9.52. The van der Waals surface area contributed by atoms with Gasteiger partial charge in [-0.25, -0.2) is 13.4 Å². The lowest BCUT2D eigenvalue weighted by Gasteiger charge is -2.26. The van der Waals surface area contributed by atoms with Gasteiger partial charge < -0.3 is 4.90 Å². The molecule has 1 N–H and O–H groups in total. The molecule has 1 aromatic heterocycles. The number of likely N-dealkylation sites (tertiary alicyclic amines) is 1. The Labute approximate surface area is 174 Å². The van der Waals surface area contributed by atoms with Gasteiger partial charge in [-0.1, -0.05) is 59.9 Å². The predicted octanol–water partition coefficient (Wildman–Crippen LogP) is 4.24. The van der Waals surface area contributed by atoms with Crippen molar-refractivity contribution in [2.24, 2.45) is 0 Å². The highest BCUT2D eigenvalue weighted by Gasteiger charge is 2.26. The van der Waals surface area contributed by atoms with Crippen LogP contribution in [0.25, 0.3) is 11.3 Å². The zero-order chi connectivity index (χ0) is 20.3.